The van der Waals surface area contributed by atoms with Gasteiger partial charge in [-0.25, -0.2) is 4.98 Å². The number of hydrogen-bond acceptors (Lipinski definition) is 4. The summed E-state index contributed by atoms with van der Waals surface area (Å²) in [4.78, 5) is 15.8. The Morgan fingerprint density at radius 2 is 2.00 bits per heavy atom. The Morgan fingerprint density at radius 3 is 2.59 bits per heavy atom. The van der Waals surface area contributed by atoms with Gasteiger partial charge in [-0.15, -0.1) is 0 Å². The lowest BCUT2D eigenvalue weighted by atomic mass is 10.1. The van der Waals surface area contributed by atoms with Gasteiger partial charge in [-0.1, -0.05) is 0 Å². The third-order valence-corrected chi connectivity index (χ3v) is 4.19. The van der Waals surface area contributed by atoms with Crippen LogP contribution in [0.2, 0.25) is 0 Å². The molecule has 8 heteroatoms. The Labute approximate surface area is 154 Å². The van der Waals surface area contributed by atoms with Gasteiger partial charge in [0.25, 0.3) is 5.91 Å². The fourth-order valence-electron chi connectivity index (χ4n) is 2.76. The van der Waals surface area contributed by atoms with E-state index in [0.29, 0.717) is 18.0 Å². The maximum atomic E-state index is 12.7. The first-order chi connectivity index (χ1) is 12.8. The quantitative estimate of drug-likeness (QED) is 0.844. The lowest BCUT2D eigenvalue weighted by Gasteiger charge is -2.12. The average Bonchev–Trinajstić information content (AvgIpc) is 3.13. The Kier molecular flexibility index (Phi) is 5.65. The molecule has 0 radical (unpaired) electrons. The van der Waals surface area contributed by atoms with Crippen molar-refractivity contribution in [3.8, 4) is 5.75 Å². The average molecular weight is 380 g/mol. The summed E-state index contributed by atoms with van der Waals surface area (Å²) in [5, 5.41) is 2.64. The van der Waals surface area contributed by atoms with E-state index in [0.717, 1.165) is 31.6 Å². The summed E-state index contributed by atoms with van der Waals surface area (Å²) >= 11 is 0. The lowest BCUT2D eigenvalue weighted by molar-refractivity contribution is -0.141. The topological polar surface area (TPSA) is 60.5 Å². The number of hydrogen-bond donors (Lipinski definition) is 1. The number of halogens is 3. The molecule has 1 unspecified atom stereocenters. The molecule has 2 heterocycles. The first-order valence-electron chi connectivity index (χ1n) is 8.53. The smallest absolute Gasteiger partial charge is 0.433 e. The summed E-state index contributed by atoms with van der Waals surface area (Å²) in [7, 11) is 0. The van der Waals surface area contributed by atoms with Crippen LogP contribution in [-0.2, 0) is 10.9 Å². The molecule has 1 atom stereocenters. The zero-order valence-electron chi connectivity index (χ0n) is 14.7. The molecule has 0 bridgehead atoms. The molecule has 1 amide bonds. The van der Waals surface area contributed by atoms with Gasteiger partial charge in [-0.2, -0.15) is 13.2 Å². The van der Waals surface area contributed by atoms with Crippen molar-refractivity contribution in [3.05, 3.63) is 53.3 Å². The van der Waals surface area contributed by atoms with Crippen molar-refractivity contribution < 1.29 is 27.4 Å². The molecular formula is C19H19F3N2O3. The summed E-state index contributed by atoms with van der Waals surface area (Å²) < 4.78 is 49.1. The second-order valence-electron chi connectivity index (χ2n) is 6.25. The predicted octanol–water partition coefficient (Wildman–Crippen LogP) is 4.22. The van der Waals surface area contributed by atoms with Gasteiger partial charge in [0.15, 0.2) is 0 Å². The summed E-state index contributed by atoms with van der Waals surface area (Å²) in [6.07, 6.45) is -2.41. The first-order valence-corrected chi connectivity index (χ1v) is 8.53. The second kappa shape index (κ2) is 7.96. The van der Waals surface area contributed by atoms with Gasteiger partial charge in [0.1, 0.15) is 18.1 Å². The van der Waals surface area contributed by atoms with Crippen molar-refractivity contribution >= 4 is 11.6 Å². The number of rotatable bonds is 5. The fourth-order valence-corrected chi connectivity index (χ4v) is 2.76. The number of ether oxygens (including phenoxy) is 2. The Morgan fingerprint density at radius 1 is 1.26 bits per heavy atom. The van der Waals surface area contributed by atoms with Crippen LogP contribution >= 0.6 is 0 Å². The van der Waals surface area contributed by atoms with Gasteiger partial charge < -0.3 is 14.8 Å². The Balaban J connectivity index is 1.60. The number of benzene rings is 1. The highest BCUT2D eigenvalue weighted by Crippen LogP contribution is 2.28. The van der Waals surface area contributed by atoms with Gasteiger partial charge in [-0.3, -0.25) is 4.79 Å². The molecule has 1 fully saturated rings. The normalized spacial score (nSPS) is 17.0. The first kappa shape index (κ1) is 19.2. The SMILES string of the molecule is Cc1nc(C(F)(F)F)ccc1C(=O)Nc1ccc(OCC2CCCO2)cc1. The highest BCUT2D eigenvalue weighted by Gasteiger charge is 2.33. The minimum absolute atomic E-state index is 0.0128. The minimum atomic E-state index is -4.54. The molecule has 0 spiro atoms. The van der Waals surface area contributed by atoms with Gasteiger partial charge in [0, 0.05) is 12.3 Å². The standard InChI is InChI=1S/C19H19F3N2O3/c1-12-16(8-9-17(23-12)19(20,21)22)18(25)24-13-4-6-14(7-5-13)27-11-15-3-2-10-26-15/h4-9,15H,2-3,10-11H2,1H3,(H,24,25). The molecule has 5 nitrogen and oxygen atoms in total. The molecule has 2 aromatic rings. The zero-order chi connectivity index (χ0) is 19.4. The van der Waals surface area contributed by atoms with Gasteiger partial charge in [-0.05, 0) is 56.2 Å². The van der Waals surface area contributed by atoms with E-state index >= 15 is 0 Å². The van der Waals surface area contributed by atoms with Crippen LogP contribution in [-0.4, -0.2) is 30.2 Å². The van der Waals surface area contributed by atoms with Crippen molar-refractivity contribution in [3.63, 3.8) is 0 Å². The molecule has 0 aliphatic carbocycles. The molecule has 1 aromatic heterocycles. The van der Waals surface area contributed by atoms with E-state index in [4.69, 9.17) is 9.47 Å². The number of pyridine rings is 1. The van der Waals surface area contributed by atoms with Crippen molar-refractivity contribution in [2.75, 3.05) is 18.5 Å². The number of carbonyl (C=O) groups is 1. The van der Waals surface area contributed by atoms with Crippen LogP contribution in [0, 0.1) is 6.92 Å². The van der Waals surface area contributed by atoms with E-state index in [-0.39, 0.29) is 17.4 Å². The fraction of sp³-hybridized carbons (Fsp3) is 0.368. The third kappa shape index (κ3) is 4.97. The predicted molar refractivity (Wildman–Crippen MR) is 92.8 cm³/mol. The number of anilines is 1. The molecule has 144 valence electrons. The van der Waals surface area contributed by atoms with Crippen molar-refractivity contribution in [1.29, 1.82) is 0 Å². The second-order valence-corrected chi connectivity index (χ2v) is 6.25. The van der Waals surface area contributed by atoms with Gasteiger partial charge in [0.05, 0.1) is 17.4 Å². The number of aryl methyl sites for hydroxylation is 1. The molecular weight excluding hydrogens is 361 g/mol. The summed E-state index contributed by atoms with van der Waals surface area (Å²) in [5.74, 6) is 0.123. The van der Waals surface area contributed by atoms with E-state index in [1.54, 1.807) is 24.3 Å². The van der Waals surface area contributed by atoms with Crippen LogP contribution in [0.5, 0.6) is 5.75 Å². The number of nitrogens with one attached hydrogen (secondary N) is 1. The van der Waals surface area contributed by atoms with E-state index in [1.807, 2.05) is 0 Å². The van der Waals surface area contributed by atoms with E-state index < -0.39 is 17.8 Å². The molecule has 1 saturated heterocycles. The molecule has 3 rings (SSSR count). The molecule has 0 saturated carbocycles. The number of nitrogens with zero attached hydrogens (tertiary/aromatic N) is 1. The van der Waals surface area contributed by atoms with Gasteiger partial charge in [0.2, 0.25) is 0 Å². The Bertz CT molecular complexity index is 801. The molecule has 1 aliphatic heterocycles. The van der Waals surface area contributed by atoms with Crippen LogP contribution < -0.4 is 10.1 Å². The van der Waals surface area contributed by atoms with Crippen LogP contribution in [0.4, 0.5) is 18.9 Å². The van der Waals surface area contributed by atoms with Crippen LogP contribution in [0.3, 0.4) is 0 Å². The Hall–Kier alpha value is -2.61. The number of alkyl halides is 3. The van der Waals surface area contributed by atoms with E-state index in [2.05, 4.69) is 10.3 Å². The largest absolute Gasteiger partial charge is 0.491 e. The van der Waals surface area contributed by atoms with E-state index in [1.165, 1.54) is 6.92 Å². The summed E-state index contributed by atoms with van der Waals surface area (Å²) in [5.41, 5.74) is -0.423. The molecule has 1 aliphatic rings. The lowest BCUT2D eigenvalue weighted by Crippen LogP contribution is -2.17. The van der Waals surface area contributed by atoms with Crippen molar-refractivity contribution in [1.82, 2.24) is 4.98 Å². The van der Waals surface area contributed by atoms with Crippen molar-refractivity contribution in [2.45, 2.75) is 32.0 Å². The third-order valence-electron chi connectivity index (χ3n) is 4.19. The van der Waals surface area contributed by atoms with E-state index in [9.17, 15) is 18.0 Å². The summed E-state index contributed by atoms with van der Waals surface area (Å²) in [6, 6.07) is 8.67. The van der Waals surface area contributed by atoms with Crippen LogP contribution in [0.25, 0.3) is 0 Å². The molecule has 1 aromatic carbocycles. The van der Waals surface area contributed by atoms with Gasteiger partial charge >= 0.3 is 6.18 Å². The number of amides is 1. The summed E-state index contributed by atoms with van der Waals surface area (Å²) in [6.45, 7) is 2.60. The highest BCUT2D eigenvalue weighted by atomic mass is 19.4. The maximum absolute atomic E-state index is 12.7. The molecule has 27 heavy (non-hydrogen) atoms. The van der Waals surface area contributed by atoms with Crippen molar-refractivity contribution in [2.24, 2.45) is 0 Å². The number of carbonyl (C=O) groups excluding carboxylic acids is 1. The maximum Gasteiger partial charge on any atom is 0.433 e. The minimum Gasteiger partial charge on any atom is -0.491 e. The van der Waals surface area contributed by atoms with Crippen LogP contribution in [0.15, 0.2) is 36.4 Å². The highest BCUT2D eigenvalue weighted by molar-refractivity contribution is 6.05. The zero-order valence-corrected chi connectivity index (χ0v) is 14.7. The number of aromatic nitrogens is 1. The van der Waals surface area contributed by atoms with Crippen LogP contribution in [0.1, 0.15) is 34.6 Å². The monoisotopic (exact) mass is 380 g/mol. The molecule has 1 N–H and O–H groups in total.